The van der Waals surface area contributed by atoms with Gasteiger partial charge in [0.1, 0.15) is 5.82 Å². The number of para-hydroxylation sites is 1. The summed E-state index contributed by atoms with van der Waals surface area (Å²) < 4.78 is 40.3. The molecule has 7 nitrogen and oxygen atoms in total. The second-order valence-corrected chi connectivity index (χ2v) is 10.7. The van der Waals surface area contributed by atoms with Gasteiger partial charge in [0.2, 0.25) is 15.9 Å². The van der Waals surface area contributed by atoms with Gasteiger partial charge in [-0.05, 0) is 61.7 Å². The van der Waals surface area contributed by atoms with E-state index >= 15 is 0 Å². The van der Waals surface area contributed by atoms with Gasteiger partial charge in [0.05, 0.1) is 11.4 Å². The Labute approximate surface area is 195 Å². The summed E-state index contributed by atoms with van der Waals surface area (Å²) in [6.07, 6.45) is 1.69. The zero-order chi connectivity index (χ0) is 23.3. The first-order valence-electron chi connectivity index (χ1n) is 11.5. The van der Waals surface area contributed by atoms with Crippen molar-refractivity contribution in [3.8, 4) is 0 Å². The van der Waals surface area contributed by atoms with Crippen LogP contribution < -0.4 is 10.2 Å². The van der Waals surface area contributed by atoms with Gasteiger partial charge in [0.15, 0.2) is 0 Å². The van der Waals surface area contributed by atoms with Crippen molar-refractivity contribution in [2.75, 3.05) is 57.3 Å². The Hall–Kier alpha value is -2.49. The smallest absolute Gasteiger partial charge is 0.243 e. The van der Waals surface area contributed by atoms with Crippen LogP contribution in [0.1, 0.15) is 12.8 Å². The van der Waals surface area contributed by atoms with Crippen LogP contribution in [0.4, 0.5) is 10.1 Å². The van der Waals surface area contributed by atoms with Gasteiger partial charge < -0.3 is 10.2 Å². The first-order valence-corrected chi connectivity index (χ1v) is 12.9. The Kier molecular flexibility index (Phi) is 7.62. The lowest BCUT2D eigenvalue weighted by molar-refractivity contribution is -0.122. The number of sulfonamides is 1. The van der Waals surface area contributed by atoms with Crippen molar-refractivity contribution < 1.29 is 17.6 Å². The molecule has 4 rings (SSSR count). The molecule has 1 amide bonds. The average Bonchev–Trinajstić information content (AvgIpc) is 3.17. The van der Waals surface area contributed by atoms with Gasteiger partial charge in [0.25, 0.3) is 0 Å². The van der Waals surface area contributed by atoms with Crippen LogP contribution in [0.5, 0.6) is 0 Å². The minimum absolute atomic E-state index is 0.0250. The number of hydrogen-bond donors (Lipinski definition) is 1. The van der Waals surface area contributed by atoms with E-state index in [-0.39, 0.29) is 17.3 Å². The second-order valence-electron chi connectivity index (χ2n) is 8.73. The molecule has 2 aliphatic heterocycles. The van der Waals surface area contributed by atoms with Gasteiger partial charge >= 0.3 is 0 Å². The number of halogens is 1. The number of amides is 1. The third kappa shape index (κ3) is 6.10. The highest BCUT2D eigenvalue weighted by molar-refractivity contribution is 7.89. The second kappa shape index (κ2) is 10.6. The standard InChI is InChI=1S/C24H31FN4O3S/c25-21-7-9-23(10-8-21)33(31,32)29-13-4-12-27(15-16-29)19-24(30)26-17-20-11-14-28(18-20)22-5-2-1-3-6-22/h1-3,5-10,20H,4,11-19H2,(H,26,30). The summed E-state index contributed by atoms with van der Waals surface area (Å²) in [7, 11) is -3.67. The zero-order valence-electron chi connectivity index (χ0n) is 18.7. The van der Waals surface area contributed by atoms with E-state index in [1.54, 1.807) is 0 Å². The van der Waals surface area contributed by atoms with Gasteiger partial charge in [-0.2, -0.15) is 4.31 Å². The first kappa shape index (κ1) is 23.7. The molecule has 0 spiro atoms. The van der Waals surface area contributed by atoms with Crippen LogP contribution in [0.2, 0.25) is 0 Å². The van der Waals surface area contributed by atoms with Crippen LogP contribution in [0.15, 0.2) is 59.5 Å². The molecule has 0 saturated carbocycles. The molecule has 9 heteroatoms. The highest BCUT2D eigenvalue weighted by Crippen LogP contribution is 2.23. The molecule has 2 aromatic carbocycles. The number of hydrogen-bond acceptors (Lipinski definition) is 5. The molecule has 2 saturated heterocycles. The van der Waals surface area contributed by atoms with Crippen LogP contribution in [0.3, 0.4) is 0 Å². The number of nitrogens with zero attached hydrogens (tertiary/aromatic N) is 3. The molecule has 2 heterocycles. The molecule has 178 valence electrons. The van der Waals surface area contributed by atoms with Crippen LogP contribution in [0.25, 0.3) is 0 Å². The molecule has 2 aromatic rings. The fourth-order valence-corrected chi connectivity index (χ4v) is 5.96. The highest BCUT2D eigenvalue weighted by atomic mass is 32.2. The molecule has 33 heavy (non-hydrogen) atoms. The average molecular weight is 475 g/mol. The summed E-state index contributed by atoms with van der Waals surface area (Å²) in [6.45, 7) is 4.68. The quantitative estimate of drug-likeness (QED) is 0.666. The van der Waals surface area contributed by atoms with Crippen molar-refractivity contribution in [1.82, 2.24) is 14.5 Å². The number of carbonyl (C=O) groups excluding carboxylic acids is 1. The fraction of sp³-hybridized carbons (Fsp3) is 0.458. The maximum Gasteiger partial charge on any atom is 0.243 e. The van der Waals surface area contributed by atoms with E-state index < -0.39 is 15.8 Å². The molecule has 0 aliphatic carbocycles. The van der Waals surface area contributed by atoms with Crippen LogP contribution >= 0.6 is 0 Å². The van der Waals surface area contributed by atoms with E-state index in [2.05, 4.69) is 22.3 Å². The molecule has 2 fully saturated rings. The molecule has 0 aromatic heterocycles. The van der Waals surface area contributed by atoms with Crippen molar-refractivity contribution in [3.63, 3.8) is 0 Å². The molecule has 1 atom stereocenters. The number of nitrogens with one attached hydrogen (secondary N) is 1. The summed E-state index contributed by atoms with van der Waals surface area (Å²) >= 11 is 0. The Bertz CT molecular complexity index is 1030. The molecule has 1 unspecified atom stereocenters. The van der Waals surface area contributed by atoms with Gasteiger partial charge in [-0.25, -0.2) is 12.8 Å². The lowest BCUT2D eigenvalue weighted by atomic mass is 10.1. The topological polar surface area (TPSA) is 73.0 Å². The number of carbonyl (C=O) groups is 1. The maximum absolute atomic E-state index is 13.2. The highest BCUT2D eigenvalue weighted by Gasteiger charge is 2.28. The van der Waals surface area contributed by atoms with Gasteiger partial charge in [-0.1, -0.05) is 18.2 Å². The monoisotopic (exact) mass is 474 g/mol. The van der Waals surface area contributed by atoms with E-state index in [4.69, 9.17) is 0 Å². The fourth-order valence-electron chi connectivity index (χ4n) is 4.49. The van der Waals surface area contributed by atoms with Crippen LogP contribution in [0, 0.1) is 11.7 Å². The van der Waals surface area contributed by atoms with Gasteiger partial charge in [0, 0.05) is 45.0 Å². The molecule has 0 bridgehead atoms. The lowest BCUT2D eigenvalue weighted by Crippen LogP contribution is -2.41. The predicted molar refractivity (Wildman–Crippen MR) is 126 cm³/mol. The van der Waals surface area contributed by atoms with Crippen molar-refractivity contribution >= 4 is 21.6 Å². The summed E-state index contributed by atoms with van der Waals surface area (Å²) in [5.74, 6) is -0.0648. The summed E-state index contributed by atoms with van der Waals surface area (Å²) in [6, 6.07) is 15.2. The lowest BCUT2D eigenvalue weighted by Gasteiger charge is -2.22. The summed E-state index contributed by atoms with van der Waals surface area (Å²) in [5, 5.41) is 3.06. The maximum atomic E-state index is 13.2. The third-order valence-electron chi connectivity index (χ3n) is 6.36. The molecule has 1 N–H and O–H groups in total. The van der Waals surface area contributed by atoms with Crippen molar-refractivity contribution in [1.29, 1.82) is 0 Å². The Morgan fingerprint density at radius 1 is 0.970 bits per heavy atom. The van der Waals surface area contributed by atoms with E-state index in [9.17, 15) is 17.6 Å². The number of anilines is 1. The van der Waals surface area contributed by atoms with Gasteiger partial charge in [-0.3, -0.25) is 9.69 Å². The predicted octanol–water partition coefficient (Wildman–Crippen LogP) is 2.16. The Balaban J connectivity index is 1.22. The van der Waals surface area contributed by atoms with Crippen molar-refractivity contribution in [2.24, 2.45) is 5.92 Å². The van der Waals surface area contributed by atoms with Crippen LogP contribution in [-0.2, 0) is 14.8 Å². The third-order valence-corrected chi connectivity index (χ3v) is 8.27. The molecular weight excluding hydrogens is 443 g/mol. The largest absolute Gasteiger partial charge is 0.371 e. The Morgan fingerprint density at radius 2 is 1.73 bits per heavy atom. The van der Waals surface area contributed by atoms with E-state index in [1.807, 2.05) is 23.1 Å². The first-order chi connectivity index (χ1) is 15.9. The SMILES string of the molecule is O=C(CN1CCCN(S(=O)(=O)c2ccc(F)cc2)CC1)NCC1CCN(c2ccccc2)C1. The number of benzene rings is 2. The van der Waals surface area contributed by atoms with E-state index in [0.29, 0.717) is 45.1 Å². The Morgan fingerprint density at radius 3 is 2.48 bits per heavy atom. The van der Waals surface area contributed by atoms with Crippen molar-refractivity contribution in [2.45, 2.75) is 17.7 Å². The summed E-state index contributed by atoms with van der Waals surface area (Å²) in [5.41, 5.74) is 1.22. The zero-order valence-corrected chi connectivity index (χ0v) is 19.5. The minimum atomic E-state index is -3.67. The summed E-state index contributed by atoms with van der Waals surface area (Å²) in [4.78, 5) is 17.0. The van der Waals surface area contributed by atoms with Crippen LogP contribution in [-0.4, -0.2) is 75.9 Å². The van der Waals surface area contributed by atoms with E-state index in [1.165, 1.54) is 22.1 Å². The minimum Gasteiger partial charge on any atom is -0.371 e. The normalized spacial score (nSPS) is 20.5. The number of rotatable bonds is 7. The molecular formula is C24H31FN4O3S. The van der Waals surface area contributed by atoms with Gasteiger partial charge in [-0.15, -0.1) is 0 Å². The molecule has 2 aliphatic rings. The molecule has 0 radical (unpaired) electrons. The van der Waals surface area contributed by atoms with Crippen molar-refractivity contribution in [3.05, 3.63) is 60.4 Å². The van der Waals surface area contributed by atoms with E-state index in [0.717, 1.165) is 31.6 Å².